The number of amides is 2. The minimum Gasteiger partial charge on any atom is -0.314 e. The molecule has 2 amide bonds. The first-order chi connectivity index (χ1) is 12.2. The molecule has 1 heterocycles. The number of anilines is 2. The Morgan fingerprint density at radius 3 is 2.58 bits per heavy atom. The van der Waals surface area contributed by atoms with E-state index in [4.69, 9.17) is 11.6 Å². The van der Waals surface area contributed by atoms with Gasteiger partial charge in [-0.1, -0.05) is 17.7 Å². The molecule has 1 aliphatic rings. The number of nitrogens with zero attached hydrogens (tertiary/aromatic N) is 2. The molecule has 2 aromatic rings. The Kier molecular flexibility index (Phi) is 4.50. The highest BCUT2D eigenvalue weighted by Crippen LogP contribution is 2.35. The van der Waals surface area contributed by atoms with Crippen LogP contribution in [0.4, 0.5) is 20.2 Å². The van der Waals surface area contributed by atoms with Crippen molar-refractivity contribution in [1.82, 2.24) is 0 Å². The lowest BCUT2D eigenvalue weighted by molar-refractivity contribution is -0.130. The van der Waals surface area contributed by atoms with Gasteiger partial charge in [-0.3, -0.25) is 14.4 Å². The van der Waals surface area contributed by atoms with Crippen molar-refractivity contribution in [1.29, 1.82) is 0 Å². The number of rotatable bonds is 2. The van der Waals surface area contributed by atoms with Gasteiger partial charge in [0.25, 0.3) is 0 Å². The molecule has 1 aliphatic heterocycles. The van der Waals surface area contributed by atoms with Crippen LogP contribution in [0.15, 0.2) is 36.4 Å². The number of ketones is 1. The van der Waals surface area contributed by atoms with Crippen LogP contribution in [0.3, 0.4) is 0 Å². The smallest absolute Gasteiger partial charge is 0.247 e. The monoisotopic (exact) mass is 378 g/mol. The summed E-state index contributed by atoms with van der Waals surface area (Å²) in [4.78, 5) is 40.0. The van der Waals surface area contributed by atoms with Crippen molar-refractivity contribution in [3.63, 3.8) is 0 Å². The van der Waals surface area contributed by atoms with Gasteiger partial charge in [0.15, 0.2) is 11.7 Å². The summed E-state index contributed by atoms with van der Waals surface area (Å²) in [6.07, 6.45) is 0. The van der Waals surface area contributed by atoms with Crippen molar-refractivity contribution < 1.29 is 23.2 Å². The predicted octanol–water partition coefficient (Wildman–Crippen LogP) is 3.06. The molecule has 3 rings (SSSR count). The summed E-state index contributed by atoms with van der Waals surface area (Å²) in [5.74, 6) is -5.85. The number of carbonyl (C=O) groups excluding carboxylic acids is 3. The van der Waals surface area contributed by atoms with E-state index < -0.39 is 35.1 Å². The molecule has 0 aliphatic carbocycles. The third kappa shape index (κ3) is 2.74. The second-order valence-electron chi connectivity index (χ2n) is 5.82. The standard InChI is InChI=1S/C18H13ClF2N2O3/c1-22-12-5-3-4-10(19)14(12)16(24)15(17(22)25)18(26)23(2)13-8-9(20)6-7-11(13)21/h3-8,15H,1-2H3. The second-order valence-corrected chi connectivity index (χ2v) is 6.23. The molecule has 0 aromatic heterocycles. The Morgan fingerprint density at radius 2 is 1.88 bits per heavy atom. The van der Waals surface area contributed by atoms with Crippen molar-refractivity contribution >= 4 is 40.6 Å². The Balaban J connectivity index is 2.04. The van der Waals surface area contributed by atoms with Crippen LogP contribution in [0.5, 0.6) is 0 Å². The largest absolute Gasteiger partial charge is 0.314 e. The molecule has 5 nitrogen and oxygen atoms in total. The first-order valence-electron chi connectivity index (χ1n) is 7.57. The van der Waals surface area contributed by atoms with Crippen LogP contribution in [-0.2, 0) is 9.59 Å². The molecule has 0 saturated carbocycles. The van der Waals surface area contributed by atoms with Gasteiger partial charge in [-0.05, 0) is 24.3 Å². The lowest BCUT2D eigenvalue weighted by atomic mass is 9.89. The van der Waals surface area contributed by atoms with Gasteiger partial charge in [0, 0.05) is 20.2 Å². The molecule has 0 radical (unpaired) electrons. The van der Waals surface area contributed by atoms with Crippen LogP contribution in [0.2, 0.25) is 5.02 Å². The summed E-state index contributed by atoms with van der Waals surface area (Å²) in [5.41, 5.74) is -0.0397. The Bertz CT molecular complexity index is 948. The van der Waals surface area contributed by atoms with E-state index in [1.165, 1.54) is 26.2 Å². The molecule has 2 aromatic carbocycles. The van der Waals surface area contributed by atoms with Gasteiger partial charge < -0.3 is 9.80 Å². The molecule has 1 atom stereocenters. The van der Waals surface area contributed by atoms with Crippen molar-refractivity contribution in [2.75, 3.05) is 23.9 Å². The second kappa shape index (κ2) is 6.49. The molecule has 0 saturated heterocycles. The predicted molar refractivity (Wildman–Crippen MR) is 92.5 cm³/mol. The van der Waals surface area contributed by atoms with Gasteiger partial charge in [-0.25, -0.2) is 8.78 Å². The van der Waals surface area contributed by atoms with E-state index in [2.05, 4.69) is 0 Å². The van der Waals surface area contributed by atoms with Crippen molar-refractivity contribution in [2.24, 2.45) is 5.92 Å². The Labute approximate surface area is 152 Å². The Hall–Kier alpha value is -2.80. The fourth-order valence-electron chi connectivity index (χ4n) is 2.88. The number of halogens is 3. The van der Waals surface area contributed by atoms with E-state index in [9.17, 15) is 23.2 Å². The SMILES string of the molecule is CN(C(=O)C1C(=O)c2c(Cl)cccc2N(C)C1=O)c1cc(F)ccc1F. The van der Waals surface area contributed by atoms with E-state index >= 15 is 0 Å². The molecule has 0 fully saturated rings. The van der Waals surface area contributed by atoms with E-state index in [0.717, 1.165) is 28.0 Å². The molecule has 0 spiro atoms. The van der Waals surface area contributed by atoms with Crippen LogP contribution >= 0.6 is 11.6 Å². The number of carbonyl (C=O) groups is 3. The molecule has 0 N–H and O–H groups in total. The third-order valence-electron chi connectivity index (χ3n) is 4.29. The number of fused-ring (bicyclic) bond motifs is 1. The third-order valence-corrected chi connectivity index (χ3v) is 4.60. The zero-order valence-electron chi connectivity index (χ0n) is 13.8. The molecule has 8 heteroatoms. The molecule has 0 bridgehead atoms. The minimum absolute atomic E-state index is 0.0442. The minimum atomic E-state index is -1.72. The zero-order chi connectivity index (χ0) is 19.2. The van der Waals surface area contributed by atoms with Crippen molar-refractivity contribution in [3.8, 4) is 0 Å². The van der Waals surface area contributed by atoms with Gasteiger partial charge in [0.1, 0.15) is 11.6 Å². The van der Waals surface area contributed by atoms with E-state index in [1.54, 1.807) is 6.07 Å². The number of hydrogen-bond donors (Lipinski definition) is 0. The lowest BCUT2D eigenvalue weighted by Gasteiger charge is -2.32. The Morgan fingerprint density at radius 1 is 1.19 bits per heavy atom. The highest BCUT2D eigenvalue weighted by atomic mass is 35.5. The highest BCUT2D eigenvalue weighted by Gasteiger charge is 2.45. The summed E-state index contributed by atoms with van der Waals surface area (Å²) in [6.45, 7) is 0. The fourth-order valence-corrected chi connectivity index (χ4v) is 3.14. The van der Waals surface area contributed by atoms with Crippen LogP contribution in [0.25, 0.3) is 0 Å². The number of benzene rings is 2. The first-order valence-corrected chi connectivity index (χ1v) is 7.94. The molecule has 1 unspecified atom stereocenters. The van der Waals surface area contributed by atoms with Crippen molar-refractivity contribution in [2.45, 2.75) is 0 Å². The van der Waals surface area contributed by atoms with Gasteiger partial charge in [-0.15, -0.1) is 0 Å². The van der Waals surface area contributed by atoms with E-state index in [0.29, 0.717) is 0 Å². The van der Waals surface area contributed by atoms with Crippen molar-refractivity contribution in [3.05, 3.63) is 58.6 Å². The maximum absolute atomic E-state index is 14.0. The summed E-state index contributed by atoms with van der Waals surface area (Å²) in [6, 6.07) is 7.16. The van der Waals surface area contributed by atoms with Crippen LogP contribution in [0, 0.1) is 17.6 Å². The maximum Gasteiger partial charge on any atom is 0.247 e. The summed E-state index contributed by atoms with van der Waals surface area (Å²) in [5, 5.41) is 0.101. The van der Waals surface area contributed by atoms with Gasteiger partial charge in [0.05, 0.1) is 22.0 Å². The molecular weight excluding hydrogens is 366 g/mol. The fraction of sp³-hybridized carbons (Fsp3) is 0.167. The van der Waals surface area contributed by atoms with E-state index in [1.807, 2.05) is 0 Å². The van der Waals surface area contributed by atoms with Gasteiger partial charge in [-0.2, -0.15) is 0 Å². The van der Waals surface area contributed by atoms with Crippen LogP contribution in [0.1, 0.15) is 10.4 Å². The van der Waals surface area contributed by atoms with Crippen LogP contribution < -0.4 is 9.80 Å². The lowest BCUT2D eigenvalue weighted by Crippen LogP contribution is -2.50. The first kappa shape index (κ1) is 18.0. The summed E-state index contributed by atoms with van der Waals surface area (Å²) < 4.78 is 27.4. The molecule has 134 valence electrons. The van der Waals surface area contributed by atoms with Gasteiger partial charge in [0.2, 0.25) is 11.8 Å². The van der Waals surface area contributed by atoms with Crippen LogP contribution in [-0.4, -0.2) is 31.7 Å². The maximum atomic E-state index is 14.0. The highest BCUT2D eigenvalue weighted by molar-refractivity contribution is 6.40. The quantitative estimate of drug-likeness (QED) is 0.755. The number of Topliss-reactive ketones (excluding diaryl/α,β-unsaturated/α-hetero) is 1. The average Bonchev–Trinajstić information content (AvgIpc) is 2.61. The van der Waals surface area contributed by atoms with Gasteiger partial charge >= 0.3 is 0 Å². The average molecular weight is 379 g/mol. The van der Waals surface area contributed by atoms with E-state index in [-0.39, 0.29) is 22.0 Å². The molecule has 26 heavy (non-hydrogen) atoms. The molecular formula is C18H13ClF2N2O3. The summed E-state index contributed by atoms with van der Waals surface area (Å²) >= 11 is 6.07. The zero-order valence-corrected chi connectivity index (χ0v) is 14.6. The normalized spacial score (nSPS) is 16.5. The topological polar surface area (TPSA) is 57.7 Å². The summed E-state index contributed by atoms with van der Waals surface area (Å²) in [7, 11) is 2.58. The number of hydrogen-bond acceptors (Lipinski definition) is 3.